The Morgan fingerprint density at radius 1 is 1.28 bits per heavy atom. The molecule has 1 unspecified atom stereocenters. The molecule has 98 valence electrons. The van der Waals surface area contributed by atoms with E-state index in [4.69, 9.17) is 0 Å². The molecule has 2 aromatic heterocycles. The molecule has 3 nitrogen and oxygen atoms in total. The Hall–Kier alpha value is -1.13. The molecule has 2 heterocycles. The molecule has 0 spiro atoms. The molecule has 0 radical (unpaired) electrons. The van der Waals surface area contributed by atoms with Crippen LogP contribution in [0, 0.1) is 0 Å². The van der Waals surface area contributed by atoms with Gasteiger partial charge in [0.1, 0.15) is 0 Å². The molecule has 0 aliphatic rings. The maximum absolute atomic E-state index is 4.37. The molecule has 0 amide bonds. The van der Waals surface area contributed by atoms with E-state index >= 15 is 0 Å². The summed E-state index contributed by atoms with van der Waals surface area (Å²) in [4.78, 5) is 2.82. The highest BCUT2D eigenvalue weighted by molar-refractivity contribution is 7.12. The second kappa shape index (κ2) is 6.16. The van der Waals surface area contributed by atoms with E-state index in [1.165, 1.54) is 15.4 Å². The lowest BCUT2D eigenvalue weighted by molar-refractivity contribution is 0.547. The number of aromatic nitrogens is 2. The second-order valence-corrected chi connectivity index (χ2v) is 5.42. The van der Waals surface area contributed by atoms with Gasteiger partial charge in [-0.15, -0.1) is 11.3 Å². The standard InChI is InChI=1S/C14H21N3S/c1-4-11-7-8-13(18-11)14(15-5-2)12-9-10-16-17(12)6-3/h7-10,14-15H,4-6H2,1-3H3. The van der Waals surface area contributed by atoms with Gasteiger partial charge in [-0.2, -0.15) is 5.10 Å². The molecular formula is C14H21N3S. The zero-order chi connectivity index (χ0) is 13.0. The topological polar surface area (TPSA) is 29.9 Å². The molecule has 0 bridgehead atoms. The number of hydrogen-bond donors (Lipinski definition) is 1. The molecule has 2 rings (SSSR count). The normalized spacial score (nSPS) is 12.8. The van der Waals surface area contributed by atoms with E-state index < -0.39 is 0 Å². The lowest BCUT2D eigenvalue weighted by Gasteiger charge is -2.17. The molecule has 0 aromatic carbocycles. The number of hydrogen-bond acceptors (Lipinski definition) is 3. The molecule has 18 heavy (non-hydrogen) atoms. The van der Waals surface area contributed by atoms with Gasteiger partial charge in [0.25, 0.3) is 0 Å². The van der Waals surface area contributed by atoms with Gasteiger partial charge in [0, 0.05) is 22.5 Å². The van der Waals surface area contributed by atoms with Crippen molar-refractivity contribution in [3.8, 4) is 0 Å². The summed E-state index contributed by atoms with van der Waals surface area (Å²) in [6, 6.07) is 6.85. The van der Waals surface area contributed by atoms with Crippen LogP contribution in [0.2, 0.25) is 0 Å². The summed E-state index contributed by atoms with van der Waals surface area (Å²) in [5.41, 5.74) is 1.25. The van der Waals surface area contributed by atoms with E-state index in [1.54, 1.807) is 0 Å². The number of nitrogens with one attached hydrogen (secondary N) is 1. The third-order valence-electron chi connectivity index (χ3n) is 3.07. The minimum Gasteiger partial charge on any atom is -0.305 e. The highest BCUT2D eigenvalue weighted by atomic mass is 32.1. The smallest absolute Gasteiger partial charge is 0.0841 e. The summed E-state index contributed by atoms with van der Waals surface area (Å²) in [6.07, 6.45) is 2.99. The fourth-order valence-corrected chi connectivity index (χ4v) is 3.19. The Bertz CT molecular complexity index is 487. The van der Waals surface area contributed by atoms with Gasteiger partial charge in [0.05, 0.1) is 11.7 Å². The first-order chi connectivity index (χ1) is 8.80. The largest absolute Gasteiger partial charge is 0.305 e. The molecule has 0 aliphatic heterocycles. The summed E-state index contributed by atoms with van der Waals surface area (Å²) < 4.78 is 2.07. The summed E-state index contributed by atoms with van der Waals surface area (Å²) in [6.45, 7) is 8.35. The van der Waals surface area contributed by atoms with Crippen LogP contribution in [-0.2, 0) is 13.0 Å². The Kier molecular flexibility index (Phi) is 4.55. The average molecular weight is 263 g/mol. The van der Waals surface area contributed by atoms with E-state index in [0.29, 0.717) is 0 Å². The first-order valence-corrected chi connectivity index (χ1v) is 7.45. The van der Waals surface area contributed by atoms with Crippen molar-refractivity contribution in [3.63, 3.8) is 0 Å². The second-order valence-electron chi connectivity index (χ2n) is 4.22. The predicted octanol–water partition coefficient (Wildman–Crippen LogP) is 3.23. The van der Waals surface area contributed by atoms with Crippen LogP contribution < -0.4 is 5.32 Å². The molecule has 4 heteroatoms. The quantitative estimate of drug-likeness (QED) is 0.867. The maximum atomic E-state index is 4.37. The van der Waals surface area contributed by atoms with Crippen molar-refractivity contribution >= 4 is 11.3 Å². The Morgan fingerprint density at radius 3 is 2.72 bits per heavy atom. The van der Waals surface area contributed by atoms with E-state index in [-0.39, 0.29) is 6.04 Å². The fourth-order valence-electron chi connectivity index (χ4n) is 2.15. The van der Waals surface area contributed by atoms with Crippen molar-refractivity contribution in [3.05, 3.63) is 39.8 Å². The van der Waals surface area contributed by atoms with Crippen molar-refractivity contribution in [2.75, 3.05) is 6.54 Å². The molecule has 0 saturated carbocycles. The number of thiophene rings is 1. The minimum absolute atomic E-state index is 0.266. The first-order valence-electron chi connectivity index (χ1n) is 6.63. The highest BCUT2D eigenvalue weighted by Crippen LogP contribution is 2.28. The van der Waals surface area contributed by atoms with Crippen LogP contribution in [0.5, 0.6) is 0 Å². The van der Waals surface area contributed by atoms with Gasteiger partial charge in [0.2, 0.25) is 0 Å². The third-order valence-corrected chi connectivity index (χ3v) is 4.36. The lowest BCUT2D eigenvalue weighted by atomic mass is 10.1. The Balaban J connectivity index is 2.33. The SMILES string of the molecule is CCNC(c1ccc(CC)s1)c1ccnn1CC. The van der Waals surface area contributed by atoms with Crippen LogP contribution in [0.1, 0.15) is 42.3 Å². The molecule has 0 fully saturated rings. The molecule has 1 atom stereocenters. The summed E-state index contributed by atoms with van der Waals surface area (Å²) in [5, 5.41) is 7.93. The molecule has 2 aromatic rings. The van der Waals surface area contributed by atoms with Crippen molar-refractivity contribution in [1.82, 2.24) is 15.1 Å². The zero-order valence-corrected chi connectivity index (χ0v) is 12.1. The van der Waals surface area contributed by atoms with Gasteiger partial charge < -0.3 is 5.32 Å². The van der Waals surface area contributed by atoms with Crippen LogP contribution in [0.25, 0.3) is 0 Å². The van der Waals surface area contributed by atoms with Gasteiger partial charge in [-0.05, 0) is 38.1 Å². The summed E-state index contributed by atoms with van der Waals surface area (Å²) in [7, 11) is 0. The lowest BCUT2D eigenvalue weighted by Crippen LogP contribution is -2.24. The van der Waals surface area contributed by atoms with Crippen LogP contribution in [0.15, 0.2) is 24.4 Å². The summed E-state index contributed by atoms with van der Waals surface area (Å²) >= 11 is 1.89. The van der Waals surface area contributed by atoms with Crippen molar-refractivity contribution in [2.24, 2.45) is 0 Å². The third kappa shape index (κ3) is 2.65. The van der Waals surface area contributed by atoms with E-state index in [2.05, 4.69) is 54.1 Å². The number of rotatable bonds is 6. The van der Waals surface area contributed by atoms with Crippen LogP contribution in [0.3, 0.4) is 0 Å². The minimum atomic E-state index is 0.266. The van der Waals surface area contributed by atoms with E-state index in [9.17, 15) is 0 Å². The van der Waals surface area contributed by atoms with Crippen molar-refractivity contribution in [2.45, 2.75) is 39.8 Å². The fraction of sp³-hybridized carbons (Fsp3) is 0.500. The van der Waals surface area contributed by atoms with Gasteiger partial charge in [-0.1, -0.05) is 13.8 Å². The Labute approximate surface area is 113 Å². The van der Waals surface area contributed by atoms with Crippen molar-refractivity contribution < 1.29 is 0 Å². The monoisotopic (exact) mass is 263 g/mol. The molecule has 0 aliphatic carbocycles. The van der Waals surface area contributed by atoms with Gasteiger partial charge in [-0.3, -0.25) is 4.68 Å². The van der Waals surface area contributed by atoms with Crippen LogP contribution >= 0.6 is 11.3 Å². The van der Waals surface area contributed by atoms with Gasteiger partial charge in [0.15, 0.2) is 0 Å². The average Bonchev–Trinajstić information content (AvgIpc) is 3.04. The predicted molar refractivity (Wildman–Crippen MR) is 77.1 cm³/mol. The Morgan fingerprint density at radius 2 is 2.11 bits per heavy atom. The summed E-state index contributed by atoms with van der Waals surface area (Å²) in [5.74, 6) is 0. The van der Waals surface area contributed by atoms with Gasteiger partial charge >= 0.3 is 0 Å². The number of aryl methyl sites for hydroxylation is 2. The number of nitrogens with zero attached hydrogens (tertiary/aromatic N) is 2. The first kappa shape index (κ1) is 13.3. The molecule has 0 saturated heterocycles. The zero-order valence-electron chi connectivity index (χ0n) is 11.3. The van der Waals surface area contributed by atoms with Crippen molar-refractivity contribution in [1.29, 1.82) is 0 Å². The molecule has 1 N–H and O–H groups in total. The maximum Gasteiger partial charge on any atom is 0.0841 e. The van der Waals surface area contributed by atoms with Gasteiger partial charge in [-0.25, -0.2) is 0 Å². The van der Waals surface area contributed by atoms with Crippen LogP contribution in [-0.4, -0.2) is 16.3 Å². The van der Waals surface area contributed by atoms with E-state index in [1.807, 2.05) is 17.5 Å². The van der Waals surface area contributed by atoms with Crippen LogP contribution in [0.4, 0.5) is 0 Å². The van der Waals surface area contributed by atoms with E-state index in [0.717, 1.165) is 19.5 Å². The molecular weight excluding hydrogens is 242 g/mol. The highest BCUT2D eigenvalue weighted by Gasteiger charge is 2.18.